The van der Waals surface area contributed by atoms with E-state index >= 15 is 0 Å². The molecule has 0 bridgehead atoms. The summed E-state index contributed by atoms with van der Waals surface area (Å²) in [5.41, 5.74) is 1.09. The van der Waals surface area contributed by atoms with Gasteiger partial charge in [-0.05, 0) is 37.1 Å². The number of nitrogens with zero attached hydrogens (tertiary/aromatic N) is 1. The second kappa shape index (κ2) is 9.17. The molecule has 25 heavy (non-hydrogen) atoms. The molecule has 0 saturated heterocycles. The standard InChI is InChI=1S/C18H22N2O4S/c1-4-13(5-2)19-16(21)10-24-18(22)15-11-25-17(20-15)12-6-8-14(23-3)9-7-12/h6-9,11,13H,4-5,10H2,1-3H3,(H,19,21). The minimum Gasteiger partial charge on any atom is -0.497 e. The van der Waals surface area contributed by atoms with Crippen LogP contribution in [0, 0.1) is 0 Å². The number of aromatic nitrogens is 1. The van der Waals surface area contributed by atoms with Gasteiger partial charge in [0.25, 0.3) is 5.91 Å². The Labute approximate surface area is 151 Å². The highest BCUT2D eigenvalue weighted by molar-refractivity contribution is 7.13. The number of rotatable bonds is 8. The van der Waals surface area contributed by atoms with Crippen molar-refractivity contribution in [1.29, 1.82) is 0 Å². The average Bonchev–Trinajstić information content (AvgIpc) is 3.14. The molecular formula is C18H22N2O4S. The van der Waals surface area contributed by atoms with Crippen molar-refractivity contribution < 1.29 is 19.1 Å². The second-order valence-electron chi connectivity index (χ2n) is 5.42. The van der Waals surface area contributed by atoms with Crippen LogP contribution in [-0.2, 0) is 9.53 Å². The number of amides is 1. The van der Waals surface area contributed by atoms with Gasteiger partial charge in [-0.1, -0.05) is 13.8 Å². The van der Waals surface area contributed by atoms with Gasteiger partial charge < -0.3 is 14.8 Å². The maximum Gasteiger partial charge on any atom is 0.358 e. The van der Waals surface area contributed by atoms with Crippen molar-refractivity contribution in [3.8, 4) is 16.3 Å². The number of methoxy groups -OCH3 is 1. The Balaban J connectivity index is 1.92. The second-order valence-corrected chi connectivity index (χ2v) is 6.28. The highest BCUT2D eigenvalue weighted by atomic mass is 32.1. The SMILES string of the molecule is CCC(CC)NC(=O)COC(=O)c1csc(-c2ccc(OC)cc2)n1. The molecule has 1 aromatic carbocycles. The number of hydrogen-bond acceptors (Lipinski definition) is 6. The van der Waals surface area contributed by atoms with Crippen LogP contribution < -0.4 is 10.1 Å². The molecular weight excluding hydrogens is 340 g/mol. The van der Waals surface area contributed by atoms with Crippen LogP contribution in [0.15, 0.2) is 29.6 Å². The predicted molar refractivity (Wildman–Crippen MR) is 96.9 cm³/mol. The Hall–Kier alpha value is -2.41. The molecule has 2 rings (SSSR count). The fourth-order valence-electron chi connectivity index (χ4n) is 2.20. The molecule has 1 heterocycles. The normalized spacial score (nSPS) is 10.6. The molecule has 0 atom stereocenters. The number of hydrogen-bond donors (Lipinski definition) is 1. The molecule has 0 fully saturated rings. The van der Waals surface area contributed by atoms with E-state index in [0.29, 0.717) is 5.01 Å². The van der Waals surface area contributed by atoms with Crippen LogP contribution in [0.25, 0.3) is 10.6 Å². The lowest BCUT2D eigenvalue weighted by atomic mass is 10.2. The molecule has 0 aliphatic rings. The minimum atomic E-state index is -0.601. The average molecular weight is 362 g/mol. The Kier molecular flexibility index (Phi) is 6.94. The summed E-state index contributed by atoms with van der Waals surface area (Å²) in [5.74, 6) is -0.146. The van der Waals surface area contributed by atoms with E-state index in [1.807, 2.05) is 38.1 Å². The van der Waals surface area contributed by atoms with E-state index in [2.05, 4.69) is 10.3 Å². The van der Waals surface area contributed by atoms with Crippen LogP contribution >= 0.6 is 11.3 Å². The Morgan fingerprint density at radius 2 is 1.88 bits per heavy atom. The molecule has 1 aromatic heterocycles. The Morgan fingerprint density at radius 3 is 2.48 bits per heavy atom. The third-order valence-corrected chi connectivity index (χ3v) is 4.63. The van der Waals surface area contributed by atoms with Crippen molar-refractivity contribution in [3.63, 3.8) is 0 Å². The molecule has 0 saturated carbocycles. The van der Waals surface area contributed by atoms with E-state index < -0.39 is 5.97 Å². The zero-order valence-corrected chi connectivity index (χ0v) is 15.4. The Morgan fingerprint density at radius 1 is 1.20 bits per heavy atom. The maximum absolute atomic E-state index is 12.0. The third kappa shape index (κ3) is 5.29. The zero-order chi connectivity index (χ0) is 18.2. The molecule has 0 unspecified atom stereocenters. The predicted octanol–water partition coefficient (Wildman–Crippen LogP) is 3.28. The summed E-state index contributed by atoms with van der Waals surface area (Å²) in [4.78, 5) is 28.1. The van der Waals surface area contributed by atoms with E-state index in [1.54, 1.807) is 12.5 Å². The van der Waals surface area contributed by atoms with Gasteiger partial charge in [0.1, 0.15) is 10.8 Å². The Bertz CT molecular complexity index is 708. The van der Waals surface area contributed by atoms with E-state index in [-0.39, 0.29) is 24.2 Å². The minimum absolute atomic E-state index is 0.104. The lowest BCUT2D eigenvalue weighted by Crippen LogP contribution is -2.36. The van der Waals surface area contributed by atoms with Gasteiger partial charge in [0, 0.05) is 17.0 Å². The summed E-state index contributed by atoms with van der Waals surface area (Å²) < 4.78 is 10.2. The number of thiazole rings is 1. The van der Waals surface area contributed by atoms with Crippen molar-refractivity contribution in [2.75, 3.05) is 13.7 Å². The van der Waals surface area contributed by atoms with Crippen LogP contribution in [-0.4, -0.2) is 36.6 Å². The summed E-state index contributed by atoms with van der Waals surface area (Å²) in [7, 11) is 1.60. The molecule has 0 aliphatic carbocycles. The first-order valence-corrected chi connectivity index (χ1v) is 9.01. The first-order chi connectivity index (χ1) is 12.1. The van der Waals surface area contributed by atoms with Gasteiger partial charge in [-0.15, -0.1) is 11.3 Å². The fourth-order valence-corrected chi connectivity index (χ4v) is 3.00. The quantitative estimate of drug-likeness (QED) is 0.729. The molecule has 134 valence electrons. The molecule has 0 spiro atoms. The molecule has 1 N–H and O–H groups in total. The summed E-state index contributed by atoms with van der Waals surface area (Å²) in [5, 5.41) is 5.15. The van der Waals surface area contributed by atoms with Crippen molar-refractivity contribution in [1.82, 2.24) is 10.3 Å². The van der Waals surface area contributed by atoms with Crippen LogP contribution in [0.1, 0.15) is 37.2 Å². The third-order valence-electron chi connectivity index (χ3n) is 3.74. The van der Waals surface area contributed by atoms with Crippen LogP contribution in [0.4, 0.5) is 0 Å². The van der Waals surface area contributed by atoms with E-state index in [0.717, 1.165) is 24.2 Å². The molecule has 0 aliphatic heterocycles. The van der Waals surface area contributed by atoms with Crippen molar-refractivity contribution in [2.45, 2.75) is 32.7 Å². The highest BCUT2D eigenvalue weighted by Gasteiger charge is 2.16. The van der Waals surface area contributed by atoms with Gasteiger partial charge in [0.15, 0.2) is 12.3 Å². The molecule has 2 aromatic rings. The van der Waals surface area contributed by atoms with E-state index in [1.165, 1.54) is 11.3 Å². The number of ether oxygens (including phenoxy) is 2. The van der Waals surface area contributed by atoms with Gasteiger partial charge in [-0.2, -0.15) is 0 Å². The largest absolute Gasteiger partial charge is 0.497 e. The number of nitrogens with one attached hydrogen (secondary N) is 1. The molecule has 1 amide bonds. The summed E-state index contributed by atoms with van der Waals surface area (Å²) in [6.07, 6.45) is 1.68. The van der Waals surface area contributed by atoms with E-state index in [9.17, 15) is 9.59 Å². The first-order valence-electron chi connectivity index (χ1n) is 8.13. The summed E-state index contributed by atoms with van der Waals surface area (Å²) >= 11 is 1.34. The van der Waals surface area contributed by atoms with Gasteiger partial charge in [0.2, 0.25) is 0 Å². The van der Waals surface area contributed by atoms with Crippen molar-refractivity contribution in [3.05, 3.63) is 35.3 Å². The topological polar surface area (TPSA) is 77.5 Å². The van der Waals surface area contributed by atoms with Gasteiger partial charge in [-0.3, -0.25) is 4.79 Å². The lowest BCUT2D eigenvalue weighted by molar-refractivity contribution is -0.125. The summed E-state index contributed by atoms with van der Waals surface area (Å²) in [6, 6.07) is 7.51. The smallest absolute Gasteiger partial charge is 0.358 e. The molecule has 7 heteroatoms. The number of carbonyl (C=O) groups excluding carboxylic acids is 2. The van der Waals surface area contributed by atoms with Gasteiger partial charge >= 0.3 is 5.97 Å². The van der Waals surface area contributed by atoms with E-state index in [4.69, 9.17) is 9.47 Å². The first kappa shape index (κ1) is 18.9. The van der Waals surface area contributed by atoms with Gasteiger partial charge in [0.05, 0.1) is 7.11 Å². The van der Waals surface area contributed by atoms with Crippen molar-refractivity contribution in [2.24, 2.45) is 0 Å². The molecule has 6 nitrogen and oxygen atoms in total. The monoisotopic (exact) mass is 362 g/mol. The fraction of sp³-hybridized carbons (Fsp3) is 0.389. The van der Waals surface area contributed by atoms with Crippen LogP contribution in [0.2, 0.25) is 0 Å². The highest BCUT2D eigenvalue weighted by Crippen LogP contribution is 2.25. The zero-order valence-electron chi connectivity index (χ0n) is 14.6. The van der Waals surface area contributed by atoms with Gasteiger partial charge in [-0.25, -0.2) is 9.78 Å². The summed E-state index contributed by atoms with van der Waals surface area (Å²) in [6.45, 7) is 3.69. The lowest BCUT2D eigenvalue weighted by Gasteiger charge is -2.14. The van der Waals surface area contributed by atoms with Crippen LogP contribution in [0.3, 0.4) is 0 Å². The van der Waals surface area contributed by atoms with Crippen molar-refractivity contribution >= 4 is 23.2 Å². The molecule has 0 radical (unpaired) electrons. The number of esters is 1. The number of benzene rings is 1. The number of carbonyl (C=O) groups is 2. The van der Waals surface area contributed by atoms with Crippen LogP contribution in [0.5, 0.6) is 5.75 Å². The maximum atomic E-state index is 12.0.